The standard InChI is InChI=1S/C19H25N9.HI/c1-3-20-19(25-16-8-5-9-28-18(16)24-13(2)27-28)21-11-14-6-4-7-15(10-14)17-22-12-23-26-17;/h4,6-7,10,12,16H,3,5,8-9,11H2,1-2H3,(H2,20,21,25)(H,22,23,26);1H. The maximum Gasteiger partial charge on any atom is 0.192 e. The van der Waals surface area contributed by atoms with Crippen molar-refractivity contribution in [3.05, 3.63) is 47.8 Å². The van der Waals surface area contributed by atoms with Gasteiger partial charge in [0.2, 0.25) is 0 Å². The van der Waals surface area contributed by atoms with E-state index in [1.54, 1.807) is 0 Å². The Kier molecular flexibility index (Phi) is 7.18. The van der Waals surface area contributed by atoms with Crippen molar-refractivity contribution in [2.45, 2.75) is 45.8 Å². The summed E-state index contributed by atoms with van der Waals surface area (Å²) in [4.78, 5) is 13.6. The summed E-state index contributed by atoms with van der Waals surface area (Å²) in [6, 6.07) is 8.28. The summed E-state index contributed by atoms with van der Waals surface area (Å²) in [7, 11) is 0. The van der Waals surface area contributed by atoms with E-state index in [9.17, 15) is 0 Å². The van der Waals surface area contributed by atoms with E-state index in [0.29, 0.717) is 6.54 Å². The van der Waals surface area contributed by atoms with Crippen LogP contribution in [0.25, 0.3) is 11.4 Å². The normalized spacial score (nSPS) is 16.1. The number of aryl methyl sites for hydroxylation is 2. The van der Waals surface area contributed by atoms with Gasteiger partial charge in [0.25, 0.3) is 0 Å². The van der Waals surface area contributed by atoms with Gasteiger partial charge in [-0.3, -0.25) is 5.10 Å². The number of aromatic amines is 1. The number of aliphatic imine (C=N–C) groups is 1. The maximum absolute atomic E-state index is 4.77. The van der Waals surface area contributed by atoms with Crippen LogP contribution < -0.4 is 10.6 Å². The zero-order valence-corrected chi connectivity index (χ0v) is 18.9. The minimum Gasteiger partial charge on any atom is -0.357 e. The third kappa shape index (κ3) is 5.11. The van der Waals surface area contributed by atoms with Crippen LogP contribution in [0.3, 0.4) is 0 Å². The molecule has 2 aromatic heterocycles. The van der Waals surface area contributed by atoms with Crippen molar-refractivity contribution in [2.24, 2.45) is 4.99 Å². The first-order valence-corrected chi connectivity index (χ1v) is 9.64. The smallest absolute Gasteiger partial charge is 0.192 e. The molecule has 29 heavy (non-hydrogen) atoms. The molecule has 154 valence electrons. The molecule has 0 saturated carbocycles. The second-order valence-corrected chi connectivity index (χ2v) is 6.81. The first-order chi connectivity index (χ1) is 13.7. The van der Waals surface area contributed by atoms with E-state index >= 15 is 0 Å². The van der Waals surface area contributed by atoms with E-state index in [2.05, 4.69) is 55.0 Å². The molecule has 10 heteroatoms. The zero-order chi connectivity index (χ0) is 19.3. The molecular weight excluding hydrogens is 481 g/mol. The van der Waals surface area contributed by atoms with Crippen LogP contribution in [-0.4, -0.2) is 42.5 Å². The minimum atomic E-state index is 0. The fraction of sp³-hybridized carbons (Fsp3) is 0.421. The number of H-pyrrole nitrogens is 1. The SMILES string of the molecule is CCNC(=NCc1cccc(-c2ncn[nH]2)c1)NC1CCCn2nc(C)nc21.I. The van der Waals surface area contributed by atoms with Gasteiger partial charge in [0.1, 0.15) is 18.0 Å². The van der Waals surface area contributed by atoms with Crippen LogP contribution >= 0.6 is 24.0 Å². The van der Waals surface area contributed by atoms with Gasteiger partial charge in [-0.05, 0) is 38.3 Å². The molecule has 3 heterocycles. The lowest BCUT2D eigenvalue weighted by molar-refractivity contribution is 0.397. The predicted molar refractivity (Wildman–Crippen MR) is 122 cm³/mol. The number of rotatable bonds is 5. The summed E-state index contributed by atoms with van der Waals surface area (Å²) in [6.45, 7) is 6.28. The van der Waals surface area contributed by atoms with E-state index in [0.717, 1.165) is 60.5 Å². The Balaban J connectivity index is 0.00000240. The Labute approximate surface area is 186 Å². The van der Waals surface area contributed by atoms with Crippen LogP contribution in [0, 0.1) is 6.92 Å². The van der Waals surface area contributed by atoms with Gasteiger partial charge in [-0.25, -0.2) is 19.6 Å². The number of halogens is 1. The lowest BCUT2D eigenvalue weighted by Crippen LogP contribution is -2.41. The van der Waals surface area contributed by atoms with Gasteiger partial charge in [0.05, 0.1) is 12.6 Å². The van der Waals surface area contributed by atoms with Crippen LogP contribution in [0.5, 0.6) is 0 Å². The molecule has 0 spiro atoms. The first kappa shape index (κ1) is 21.2. The highest BCUT2D eigenvalue weighted by Crippen LogP contribution is 2.23. The summed E-state index contributed by atoms with van der Waals surface area (Å²) in [5.41, 5.74) is 2.10. The van der Waals surface area contributed by atoms with Crippen LogP contribution in [0.4, 0.5) is 0 Å². The van der Waals surface area contributed by atoms with Gasteiger partial charge in [-0.15, -0.1) is 24.0 Å². The summed E-state index contributed by atoms with van der Waals surface area (Å²) in [5, 5.41) is 18.1. The molecule has 3 N–H and O–H groups in total. The Morgan fingerprint density at radius 1 is 1.38 bits per heavy atom. The molecular formula is C19H26IN9. The van der Waals surface area contributed by atoms with Crippen LogP contribution in [0.2, 0.25) is 0 Å². The number of hydrogen-bond donors (Lipinski definition) is 3. The van der Waals surface area contributed by atoms with Crippen molar-refractivity contribution in [2.75, 3.05) is 6.54 Å². The monoisotopic (exact) mass is 507 g/mol. The number of guanidine groups is 1. The number of nitrogens with zero attached hydrogens (tertiary/aromatic N) is 6. The van der Waals surface area contributed by atoms with E-state index in [4.69, 9.17) is 4.99 Å². The van der Waals surface area contributed by atoms with E-state index in [1.807, 2.05) is 23.7 Å². The van der Waals surface area contributed by atoms with Crippen molar-refractivity contribution < 1.29 is 0 Å². The topological polar surface area (TPSA) is 109 Å². The largest absolute Gasteiger partial charge is 0.357 e. The molecule has 0 saturated heterocycles. The molecule has 0 bridgehead atoms. The van der Waals surface area contributed by atoms with Gasteiger partial charge < -0.3 is 10.6 Å². The first-order valence-electron chi connectivity index (χ1n) is 9.64. The fourth-order valence-corrected chi connectivity index (χ4v) is 3.42. The van der Waals surface area contributed by atoms with Crippen LogP contribution in [0.15, 0.2) is 35.6 Å². The van der Waals surface area contributed by atoms with E-state index < -0.39 is 0 Å². The van der Waals surface area contributed by atoms with Crippen molar-refractivity contribution in [1.82, 2.24) is 40.6 Å². The summed E-state index contributed by atoms with van der Waals surface area (Å²) >= 11 is 0. The molecule has 3 aromatic rings. The molecule has 0 fully saturated rings. The average molecular weight is 507 g/mol. The van der Waals surface area contributed by atoms with Gasteiger partial charge in [-0.2, -0.15) is 10.2 Å². The lowest BCUT2D eigenvalue weighted by atomic mass is 10.1. The summed E-state index contributed by atoms with van der Waals surface area (Å²) in [5.74, 6) is 3.34. The van der Waals surface area contributed by atoms with Crippen molar-refractivity contribution >= 4 is 29.9 Å². The number of benzene rings is 1. The average Bonchev–Trinajstić information content (AvgIpc) is 3.36. The molecule has 1 unspecified atom stereocenters. The van der Waals surface area contributed by atoms with Crippen molar-refractivity contribution in [3.63, 3.8) is 0 Å². The Morgan fingerprint density at radius 3 is 3.07 bits per heavy atom. The molecule has 1 atom stereocenters. The summed E-state index contributed by atoms with van der Waals surface area (Å²) in [6.07, 6.45) is 3.60. The summed E-state index contributed by atoms with van der Waals surface area (Å²) < 4.78 is 2.00. The Bertz CT molecular complexity index is 949. The molecule has 1 aliphatic heterocycles. The molecule has 0 amide bonds. The number of hydrogen-bond acceptors (Lipinski definition) is 5. The molecule has 9 nitrogen and oxygen atoms in total. The highest BCUT2D eigenvalue weighted by Gasteiger charge is 2.24. The van der Waals surface area contributed by atoms with Crippen LogP contribution in [-0.2, 0) is 13.1 Å². The molecule has 0 radical (unpaired) electrons. The Morgan fingerprint density at radius 2 is 2.28 bits per heavy atom. The fourth-order valence-electron chi connectivity index (χ4n) is 3.42. The quantitative estimate of drug-likeness (QED) is 0.278. The Hall–Kier alpha value is -2.50. The number of aromatic nitrogens is 6. The van der Waals surface area contributed by atoms with Gasteiger partial charge in [0.15, 0.2) is 11.8 Å². The maximum atomic E-state index is 4.77. The van der Waals surface area contributed by atoms with Crippen LogP contribution in [0.1, 0.15) is 43.0 Å². The molecule has 0 aliphatic carbocycles. The third-order valence-electron chi connectivity index (χ3n) is 4.67. The number of nitrogens with one attached hydrogen (secondary N) is 3. The second kappa shape index (κ2) is 9.81. The van der Waals surface area contributed by atoms with E-state index in [1.165, 1.54) is 6.33 Å². The second-order valence-electron chi connectivity index (χ2n) is 6.81. The zero-order valence-electron chi connectivity index (χ0n) is 16.6. The third-order valence-corrected chi connectivity index (χ3v) is 4.67. The highest BCUT2D eigenvalue weighted by molar-refractivity contribution is 14.0. The van der Waals surface area contributed by atoms with Gasteiger partial charge in [0, 0.05) is 18.7 Å². The van der Waals surface area contributed by atoms with E-state index in [-0.39, 0.29) is 30.0 Å². The number of fused-ring (bicyclic) bond motifs is 1. The van der Waals surface area contributed by atoms with Gasteiger partial charge >= 0.3 is 0 Å². The molecule has 1 aliphatic rings. The van der Waals surface area contributed by atoms with Crippen molar-refractivity contribution in [1.29, 1.82) is 0 Å². The highest BCUT2D eigenvalue weighted by atomic mass is 127. The minimum absolute atomic E-state index is 0. The van der Waals surface area contributed by atoms with Gasteiger partial charge in [-0.1, -0.05) is 18.2 Å². The lowest BCUT2D eigenvalue weighted by Gasteiger charge is -2.25. The molecule has 4 rings (SSSR count). The van der Waals surface area contributed by atoms with Crippen molar-refractivity contribution in [3.8, 4) is 11.4 Å². The predicted octanol–water partition coefficient (Wildman–Crippen LogP) is 2.58. The molecule has 1 aromatic carbocycles.